The minimum Gasteiger partial charge on any atom is -0.463 e. The smallest absolute Gasteiger partial charge is 0.431 e. The first-order valence-corrected chi connectivity index (χ1v) is 6.19. The van der Waals surface area contributed by atoms with Gasteiger partial charge in [0.15, 0.2) is 0 Å². The minimum absolute atomic E-state index is 0.141. The van der Waals surface area contributed by atoms with E-state index in [-0.39, 0.29) is 5.06 Å². The largest absolute Gasteiger partial charge is 0.463 e. The number of hydrogen-bond acceptors (Lipinski definition) is 2. The second-order valence-electron chi connectivity index (χ2n) is 4.54. The average Bonchev–Trinajstić information content (AvgIpc) is 2.42. The molecule has 21 heavy (non-hydrogen) atoms. The molecule has 0 aliphatic carbocycles. The van der Waals surface area contributed by atoms with Crippen molar-refractivity contribution in [3.63, 3.8) is 0 Å². The number of rotatable bonds is 4. The molecule has 0 radical (unpaired) electrons. The summed E-state index contributed by atoms with van der Waals surface area (Å²) in [5.41, 5.74) is -0.300. The average molecular weight is 303 g/mol. The highest BCUT2D eigenvalue weighted by atomic mass is 19.4. The van der Waals surface area contributed by atoms with Gasteiger partial charge in [-0.1, -0.05) is 24.3 Å². The second-order valence-corrected chi connectivity index (χ2v) is 4.54. The predicted octanol–water partition coefficient (Wildman–Crippen LogP) is 4.12. The molecule has 1 rings (SSSR count). The van der Waals surface area contributed by atoms with Crippen molar-refractivity contribution in [2.75, 3.05) is 0 Å². The van der Waals surface area contributed by atoms with Crippen LogP contribution in [0.2, 0.25) is 0 Å². The topological polar surface area (TPSA) is 60.8 Å². The summed E-state index contributed by atoms with van der Waals surface area (Å²) in [6.45, 7) is 3.17. The SMILES string of the molecule is CC=CC(c1ccc(C(F)(F)F)cc1)C(C)N(O)C(=O)O. The first kappa shape index (κ1) is 17.0. The van der Waals surface area contributed by atoms with Crippen LogP contribution in [0.4, 0.5) is 18.0 Å². The first-order valence-electron chi connectivity index (χ1n) is 6.19. The summed E-state index contributed by atoms with van der Waals surface area (Å²) in [6, 6.07) is 3.58. The number of nitrogens with zero attached hydrogens (tertiary/aromatic N) is 1. The number of halogens is 3. The van der Waals surface area contributed by atoms with Crippen LogP contribution in [0, 0.1) is 0 Å². The molecule has 0 saturated carbocycles. The van der Waals surface area contributed by atoms with Crippen molar-refractivity contribution >= 4 is 6.09 Å². The van der Waals surface area contributed by atoms with E-state index in [1.54, 1.807) is 19.1 Å². The van der Waals surface area contributed by atoms with E-state index in [4.69, 9.17) is 5.11 Å². The molecule has 1 aromatic rings. The van der Waals surface area contributed by atoms with Gasteiger partial charge in [-0.05, 0) is 31.5 Å². The van der Waals surface area contributed by atoms with Crippen LogP contribution in [0.5, 0.6) is 0 Å². The maximum absolute atomic E-state index is 12.5. The maximum atomic E-state index is 12.5. The number of alkyl halides is 3. The van der Waals surface area contributed by atoms with Gasteiger partial charge in [-0.3, -0.25) is 5.21 Å². The van der Waals surface area contributed by atoms with E-state index in [2.05, 4.69) is 0 Å². The van der Waals surface area contributed by atoms with Gasteiger partial charge in [0, 0.05) is 5.92 Å². The molecule has 2 N–H and O–H groups in total. The Hall–Kier alpha value is -2.02. The van der Waals surface area contributed by atoms with Crippen LogP contribution in [-0.4, -0.2) is 27.5 Å². The molecule has 116 valence electrons. The molecule has 1 amide bonds. The third-order valence-electron chi connectivity index (χ3n) is 3.12. The fraction of sp³-hybridized carbons (Fsp3) is 0.357. The molecule has 0 aliphatic rings. The zero-order valence-electron chi connectivity index (χ0n) is 11.5. The lowest BCUT2D eigenvalue weighted by Gasteiger charge is -2.26. The normalized spacial score (nSPS) is 15.0. The Kier molecular flexibility index (Phi) is 5.37. The number of amides is 1. The van der Waals surface area contributed by atoms with Crippen LogP contribution in [0.1, 0.15) is 30.9 Å². The number of benzene rings is 1. The second kappa shape index (κ2) is 6.62. The molecule has 2 atom stereocenters. The molecule has 1 aromatic carbocycles. The van der Waals surface area contributed by atoms with Gasteiger partial charge in [0.25, 0.3) is 0 Å². The highest BCUT2D eigenvalue weighted by Gasteiger charge is 2.31. The van der Waals surface area contributed by atoms with Crippen molar-refractivity contribution < 1.29 is 28.3 Å². The predicted molar refractivity (Wildman–Crippen MR) is 70.1 cm³/mol. The molecule has 0 aliphatic heterocycles. The number of hydrogen-bond donors (Lipinski definition) is 2. The molecule has 0 fully saturated rings. The molecular weight excluding hydrogens is 287 g/mol. The number of allylic oxidation sites excluding steroid dienone is 1. The van der Waals surface area contributed by atoms with E-state index in [0.717, 1.165) is 12.1 Å². The van der Waals surface area contributed by atoms with E-state index in [0.29, 0.717) is 5.56 Å². The highest BCUT2D eigenvalue weighted by Crippen LogP contribution is 2.31. The van der Waals surface area contributed by atoms with Crippen LogP contribution in [0.15, 0.2) is 36.4 Å². The van der Waals surface area contributed by atoms with Crippen molar-refractivity contribution in [1.82, 2.24) is 5.06 Å². The van der Waals surface area contributed by atoms with Crippen LogP contribution in [-0.2, 0) is 6.18 Å². The van der Waals surface area contributed by atoms with Crippen LogP contribution >= 0.6 is 0 Å². The van der Waals surface area contributed by atoms with Crippen LogP contribution < -0.4 is 0 Å². The number of carboxylic acid groups (broad SMARTS) is 1. The summed E-state index contributed by atoms with van der Waals surface area (Å²) < 4.78 is 37.6. The lowest BCUT2D eigenvalue weighted by Crippen LogP contribution is -2.38. The van der Waals surface area contributed by atoms with Gasteiger partial charge in [0.05, 0.1) is 11.6 Å². The Morgan fingerprint density at radius 3 is 2.19 bits per heavy atom. The van der Waals surface area contributed by atoms with Gasteiger partial charge in [-0.2, -0.15) is 18.2 Å². The fourth-order valence-corrected chi connectivity index (χ4v) is 1.98. The minimum atomic E-state index is -4.43. The van der Waals surface area contributed by atoms with Gasteiger partial charge < -0.3 is 5.11 Å². The third kappa shape index (κ3) is 4.22. The van der Waals surface area contributed by atoms with Crippen molar-refractivity contribution in [1.29, 1.82) is 0 Å². The van der Waals surface area contributed by atoms with E-state index in [1.165, 1.54) is 19.1 Å². The number of hydroxylamine groups is 2. The first-order chi connectivity index (χ1) is 9.68. The summed E-state index contributed by atoms with van der Waals surface area (Å²) in [4.78, 5) is 10.8. The zero-order chi connectivity index (χ0) is 16.2. The lowest BCUT2D eigenvalue weighted by atomic mass is 9.91. The van der Waals surface area contributed by atoms with E-state index >= 15 is 0 Å². The fourth-order valence-electron chi connectivity index (χ4n) is 1.98. The molecule has 0 bridgehead atoms. The van der Waals surface area contributed by atoms with Crippen molar-refractivity contribution in [2.45, 2.75) is 32.0 Å². The Balaban J connectivity index is 3.09. The summed E-state index contributed by atoms with van der Waals surface area (Å²) in [5, 5.41) is 18.4. The van der Waals surface area contributed by atoms with Gasteiger partial charge in [0.1, 0.15) is 0 Å². The molecule has 0 spiro atoms. The van der Waals surface area contributed by atoms with Gasteiger partial charge in [-0.15, -0.1) is 0 Å². The molecule has 7 heteroatoms. The number of carbonyl (C=O) groups is 1. The maximum Gasteiger partial charge on any atom is 0.431 e. The Morgan fingerprint density at radius 2 is 1.81 bits per heavy atom. The van der Waals surface area contributed by atoms with Crippen molar-refractivity contribution in [3.8, 4) is 0 Å². The van der Waals surface area contributed by atoms with Crippen molar-refractivity contribution in [2.24, 2.45) is 0 Å². The monoisotopic (exact) mass is 303 g/mol. The summed E-state index contributed by atoms with van der Waals surface area (Å²) in [6.07, 6.45) is -2.68. The van der Waals surface area contributed by atoms with E-state index < -0.39 is 29.8 Å². The van der Waals surface area contributed by atoms with Crippen LogP contribution in [0.25, 0.3) is 0 Å². The van der Waals surface area contributed by atoms with Gasteiger partial charge in [0.2, 0.25) is 0 Å². The van der Waals surface area contributed by atoms with Gasteiger partial charge in [-0.25, -0.2) is 4.79 Å². The van der Waals surface area contributed by atoms with E-state index in [1.807, 2.05) is 0 Å². The molecule has 0 aromatic heterocycles. The lowest BCUT2D eigenvalue weighted by molar-refractivity contribution is -0.137. The standard InChI is InChI=1S/C14H16F3NO3/c1-3-4-12(9(2)18(21)13(19)20)10-5-7-11(8-6-10)14(15,16)17/h3-9,12,21H,1-2H3,(H,19,20). The van der Waals surface area contributed by atoms with E-state index in [9.17, 15) is 23.2 Å². The van der Waals surface area contributed by atoms with Crippen LogP contribution in [0.3, 0.4) is 0 Å². The summed E-state index contributed by atoms with van der Waals surface area (Å²) in [5.74, 6) is -0.557. The Morgan fingerprint density at radius 1 is 1.29 bits per heavy atom. The third-order valence-corrected chi connectivity index (χ3v) is 3.12. The van der Waals surface area contributed by atoms with Crippen molar-refractivity contribution in [3.05, 3.63) is 47.5 Å². The molecule has 2 unspecified atom stereocenters. The highest BCUT2D eigenvalue weighted by molar-refractivity contribution is 5.64. The Bertz CT molecular complexity index is 511. The molecule has 0 heterocycles. The molecular formula is C14H16F3NO3. The summed E-state index contributed by atoms with van der Waals surface area (Å²) >= 11 is 0. The Labute approximate surface area is 120 Å². The van der Waals surface area contributed by atoms with Gasteiger partial charge >= 0.3 is 12.3 Å². The summed E-state index contributed by atoms with van der Waals surface area (Å²) in [7, 11) is 0. The zero-order valence-corrected chi connectivity index (χ0v) is 11.5. The molecule has 0 saturated heterocycles. The quantitative estimate of drug-likeness (QED) is 0.499. The molecule has 4 nitrogen and oxygen atoms in total.